The molecule has 14 heavy (non-hydrogen) atoms. The maximum atomic E-state index is 13.4. The van der Waals surface area contributed by atoms with Crippen molar-refractivity contribution in [1.82, 2.24) is 0 Å². The van der Waals surface area contributed by atoms with Crippen LogP contribution in [0.5, 0.6) is 0 Å². The monoisotopic (exact) mass is 196 g/mol. The molecule has 0 aliphatic heterocycles. The summed E-state index contributed by atoms with van der Waals surface area (Å²) in [6, 6.07) is 0. The fourth-order valence-electron chi connectivity index (χ4n) is 0.734. The van der Waals surface area contributed by atoms with Crippen LogP contribution in [0.4, 0.5) is 4.39 Å². The molecular weight excluding hydrogens is 179 g/mol. The molecule has 0 amide bonds. The minimum atomic E-state index is -0.316. The van der Waals surface area contributed by atoms with E-state index in [1.807, 2.05) is 19.9 Å². The van der Waals surface area contributed by atoms with E-state index in [-0.39, 0.29) is 5.83 Å². The van der Waals surface area contributed by atoms with Gasteiger partial charge in [0, 0.05) is 7.05 Å². The molecule has 0 N–H and O–H groups in total. The summed E-state index contributed by atoms with van der Waals surface area (Å²) in [4.78, 5) is 7.81. The Kier molecular flexibility index (Phi) is 5.68. The molecule has 0 aromatic heterocycles. The lowest BCUT2D eigenvalue weighted by Crippen LogP contribution is -1.97. The summed E-state index contributed by atoms with van der Waals surface area (Å²) in [5.74, 6) is 0.257. The zero-order valence-corrected chi connectivity index (χ0v) is 9.43. The molecule has 0 aromatic carbocycles. The van der Waals surface area contributed by atoms with Crippen molar-refractivity contribution in [3.63, 3.8) is 0 Å². The van der Waals surface area contributed by atoms with Gasteiger partial charge in [-0.1, -0.05) is 11.6 Å². The number of hydrogen-bond donors (Lipinski definition) is 0. The largest absolute Gasteiger partial charge is 0.274 e. The number of amidine groups is 1. The Labute approximate surface area is 85.0 Å². The first-order chi connectivity index (χ1) is 6.51. The second kappa shape index (κ2) is 6.24. The lowest BCUT2D eigenvalue weighted by atomic mass is 10.2. The van der Waals surface area contributed by atoms with Gasteiger partial charge in [0.05, 0.1) is 5.71 Å². The van der Waals surface area contributed by atoms with Gasteiger partial charge in [-0.3, -0.25) is 4.99 Å². The first kappa shape index (κ1) is 12.8. The average molecular weight is 196 g/mol. The zero-order valence-electron chi connectivity index (χ0n) is 9.43. The van der Waals surface area contributed by atoms with Crippen molar-refractivity contribution in [2.45, 2.75) is 27.7 Å². The van der Waals surface area contributed by atoms with Gasteiger partial charge in [0.25, 0.3) is 0 Å². The van der Waals surface area contributed by atoms with Gasteiger partial charge >= 0.3 is 0 Å². The van der Waals surface area contributed by atoms with Crippen molar-refractivity contribution in [2.75, 3.05) is 7.05 Å². The van der Waals surface area contributed by atoms with Crippen molar-refractivity contribution in [3.05, 3.63) is 23.6 Å². The molecule has 0 rings (SSSR count). The molecule has 0 heterocycles. The van der Waals surface area contributed by atoms with Gasteiger partial charge in [0.15, 0.2) is 0 Å². The highest BCUT2D eigenvalue weighted by Crippen LogP contribution is 2.06. The first-order valence-corrected chi connectivity index (χ1v) is 4.50. The first-order valence-electron chi connectivity index (χ1n) is 4.50. The van der Waals surface area contributed by atoms with Crippen LogP contribution >= 0.6 is 0 Å². The number of halogens is 1. The summed E-state index contributed by atoms with van der Waals surface area (Å²) in [5, 5.41) is 0. The fourth-order valence-corrected chi connectivity index (χ4v) is 0.734. The molecule has 3 heteroatoms. The molecule has 78 valence electrons. The Morgan fingerprint density at radius 2 is 1.79 bits per heavy atom. The summed E-state index contributed by atoms with van der Waals surface area (Å²) in [6.45, 7) is 7.07. The Balaban J connectivity index is 4.79. The van der Waals surface area contributed by atoms with E-state index in [4.69, 9.17) is 0 Å². The number of rotatable bonds is 2. The van der Waals surface area contributed by atoms with Crippen LogP contribution in [0, 0.1) is 0 Å². The highest BCUT2D eigenvalue weighted by molar-refractivity contribution is 6.04. The van der Waals surface area contributed by atoms with E-state index in [1.165, 1.54) is 6.08 Å². The Morgan fingerprint density at radius 1 is 1.21 bits per heavy atom. The molecule has 0 aliphatic rings. The van der Waals surface area contributed by atoms with E-state index in [2.05, 4.69) is 9.98 Å². The van der Waals surface area contributed by atoms with Crippen LogP contribution in [0.1, 0.15) is 27.7 Å². The van der Waals surface area contributed by atoms with E-state index in [0.29, 0.717) is 11.5 Å². The lowest BCUT2D eigenvalue weighted by molar-refractivity contribution is 0.679. The molecule has 0 aromatic rings. The maximum absolute atomic E-state index is 13.4. The summed E-state index contributed by atoms with van der Waals surface area (Å²) in [7, 11) is 1.63. The highest BCUT2D eigenvalue weighted by Gasteiger charge is 2.00. The molecule has 0 saturated carbocycles. The highest BCUT2D eigenvalue weighted by atomic mass is 19.1. The minimum absolute atomic E-state index is 0.316. The van der Waals surface area contributed by atoms with Crippen molar-refractivity contribution in [3.8, 4) is 0 Å². The molecule has 0 radical (unpaired) electrons. The third kappa shape index (κ3) is 4.70. The third-order valence-electron chi connectivity index (χ3n) is 1.81. The third-order valence-corrected chi connectivity index (χ3v) is 1.81. The Morgan fingerprint density at radius 3 is 2.21 bits per heavy atom. The van der Waals surface area contributed by atoms with Gasteiger partial charge in [-0.15, -0.1) is 0 Å². The Hall–Kier alpha value is -1.25. The van der Waals surface area contributed by atoms with Crippen molar-refractivity contribution >= 4 is 11.5 Å². The maximum Gasteiger partial charge on any atom is 0.144 e. The smallest absolute Gasteiger partial charge is 0.144 e. The van der Waals surface area contributed by atoms with E-state index < -0.39 is 0 Å². The molecule has 0 unspecified atom stereocenters. The second-order valence-corrected chi connectivity index (χ2v) is 2.99. The van der Waals surface area contributed by atoms with E-state index in [9.17, 15) is 4.39 Å². The number of aliphatic imine (C=N–C) groups is 2. The van der Waals surface area contributed by atoms with Crippen LogP contribution in [0.2, 0.25) is 0 Å². The van der Waals surface area contributed by atoms with Gasteiger partial charge in [-0.25, -0.2) is 9.38 Å². The standard InChI is InChI=1S/C11H17FN2/c1-6-8(2)7-11(12)9(3)14-10(4)13-5/h6-7H,1-5H3/b8-6-,11-7+,13-10?,14-9?. The van der Waals surface area contributed by atoms with E-state index >= 15 is 0 Å². The topological polar surface area (TPSA) is 24.7 Å². The average Bonchev–Trinajstić information content (AvgIpc) is 2.17. The van der Waals surface area contributed by atoms with Crippen LogP contribution in [0.25, 0.3) is 0 Å². The summed E-state index contributed by atoms with van der Waals surface area (Å²) in [6.07, 6.45) is 3.30. The normalized spacial score (nSPS) is 16.1. The van der Waals surface area contributed by atoms with Crippen LogP contribution < -0.4 is 0 Å². The Bertz CT molecular complexity index is 277. The van der Waals surface area contributed by atoms with E-state index in [1.54, 1.807) is 20.9 Å². The van der Waals surface area contributed by atoms with Gasteiger partial charge in [0.2, 0.25) is 0 Å². The predicted octanol–water partition coefficient (Wildman–Crippen LogP) is 3.32. The SMILES string of the molecule is C/C=C(C)\C=C(\F)C(C)=NC(C)=NC. The van der Waals surface area contributed by atoms with Gasteiger partial charge in [-0.2, -0.15) is 0 Å². The van der Waals surface area contributed by atoms with Crippen LogP contribution in [-0.2, 0) is 0 Å². The van der Waals surface area contributed by atoms with Gasteiger partial charge < -0.3 is 0 Å². The summed E-state index contributed by atoms with van der Waals surface area (Å²) in [5.41, 5.74) is 1.23. The second-order valence-electron chi connectivity index (χ2n) is 2.99. The quantitative estimate of drug-likeness (QED) is 0.368. The molecular formula is C11H17FN2. The van der Waals surface area contributed by atoms with Crippen molar-refractivity contribution in [2.24, 2.45) is 9.98 Å². The summed E-state index contributed by atoms with van der Waals surface area (Å²) < 4.78 is 13.4. The van der Waals surface area contributed by atoms with Crippen LogP contribution in [-0.4, -0.2) is 18.6 Å². The lowest BCUT2D eigenvalue weighted by Gasteiger charge is -1.97. The molecule has 0 spiro atoms. The predicted molar refractivity (Wildman–Crippen MR) is 60.8 cm³/mol. The molecule has 0 atom stereocenters. The van der Waals surface area contributed by atoms with Gasteiger partial charge in [-0.05, 0) is 33.8 Å². The zero-order chi connectivity index (χ0) is 11.1. The van der Waals surface area contributed by atoms with Crippen molar-refractivity contribution in [1.29, 1.82) is 0 Å². The number of allylic oxidation sites excluding steroid dienone is 4. The van der Waals surface area contributed by atoms with Crippen molar-refractivity contribution < 1.29 is 4.39 Å². The molecule has 0 aliphatic carbocycles. The molecule has 0 bridgehead atoms. The fraction of sp³-hybridized carbons (Fsp3) is 0.455. The molecule has 0 saturated heterocycles. The van der Waals surface area contributed by atoms with Gasteiger partial charge in [0.1, 0.15) is 11.7 Å². The molecule has 0 fully saturated rings. The van der Waals surface area contributed by atoms with Crippen LogP contribution in [0.15, 0.2) is 33.5 Å². The summed E-state index contributed by atoms with van der Waals surface area (Å²) >= 11 is 0. The minimum Gasteiger partial charge on any atom is -0.274 e. The number of hydrogen-bond acceptors (Lipinski definition) is 1. The number of nitrogens with zero attached hydrogens (tertiary/aromatic N) is 2. The molecule has 2 nitrogen and oxygen atoms in total. The van der Waals surface area contributed by atoms with Crippen LogP contribution in [0.3, 0.4) is 0 Å². The van der Waals surface area contributed by atoms with E-state index in [0.717, 1.165) is 5.57 Å².